The number of hydrazone groups is 1. The fourth-order valence-corrected chi connectivity index (χ4v) is 3.39. The molecule has 1 saturated carbocycles. The average Bonchev–Trinajstić information content (AvgIpc) is 2.81. The highest BCUT2D eigenvalue weighted by Gasteiger charge is 2.37. The molecule has 1 heterocycles. The number of pyridine rings is 1. The lowest BCUT2D eigenvalue weighted by Gasteiger charge is -2.31. The Bertz CT molecular complexity index is 779. The van der Waals surface area contributed by atoms with Crippen LogP contribution in [-0.2, 0) is 0 Å². The van der Waals surface area contributed by atoms with E-state index in [4.69, 9.17) is 11.6 Å². The Kier molecular flexibility index (Phi) is 2.96. The smallest absolute Gasteiger partial charge is 0.147 e. The minimum atomic E-state index is 0.623. The number of fused-ring (bicyclic) bond motifs is 2. The van der Waals surface area contributed by atoms with Crippen molar-refractivity contribution in [1.82, 2.24) is 4.98 Å². The van der Waals surface area contributed by atoms with Crippen LogP contribution < -0.4 is 5.43 Å². The van der Waals surface area contributed by atoms with Crippen molar-refractivity contribution in [3.05, 3.63) is 47.0 Å². The quantitative estimate of drug-likeness (QED) is 0.651. The number of aromatic nitrogens is 1. The second-order valence-corrected chi connectivity index (χ2v) is 6.28. The molecule has 2 atom stereocenters. The SMILES string of the molecule is Cc1cc(N/N=C2\C[C@H]3C=CC[C@@H]23)nc2ccc(Cl)cc12. The molecule has 3 nitrogen and oxygen atoms in total. The standard InChI is InChI=1S/C17H16ClN3/c1-10-7-17(19-15-6-5-12(18)9-14(10)15)21-20-16-8-11-3-2-4-13(11)16/h2-3,5-7,9,11,13H,4,8H2,1H3,(H,19,21)/b20-16+/t11-,13-/m1/s1. The van der Waals surface area contributed by atoms with Crippen molar-refractivity contribution in [2.75, 3.05) is 5.43 Å². The van der Waals surface area contributed by atoms with Gasteiger partial charge in [-0.25, -0.2) is 4.98 Å². The first-order valence-corrected chi connectivity index (χ1v) is 7.64. The van der Waals surface area contributed by atoms with Crippen LogP contribution in [0.5, 0.6) is 0 Å². The van der Waals surface area contributed by atoms with Crippen LogP contribution >= 0.6 is 11.6 Å². The van der Waals surface area contributed by atoms with E-state index in [2.05, 4.69) is 34.6 Å². The average molecular weight is 298 g/mol. The second-order valence-electron chi connectivity index (χ2n) is 5.84. The van der Waals surface area contributed by atoms with Crippen LogP contribution in [0, 0.1) is 18.8 Å². The fourth-order valence-electron chi connectivity index (χ4n) is 3.22. The summed E-state index contributed by atoms with van der Waals surface area (Å²) in [4.78, 5) is 4.60. The lowest BCUT2D eigenvalue weighted by molar-refractivity contribution is 0.466. The van der Waals surface area contributed by atoms with Gasteiger partial charge < -0.3 is 0 Å². The van der Waals surface area contributed by atoms with Crippen molar-refractivity contribution in [3.8, 4) is 0 Å². The highest BCUT2D eigenvalue weighted by molar-refractivity contribution is 6.31. The summed E-state index contributed by atoms with van der Waals surface area (Å²) in [5, 5.41) is 6.37. The largest absolute Gasteiger partial charge is 0.261 e. The van der Waals surface area contributed by atoms with E-state index in [-0.39, 0.29) is 0 Å². The van der Waals surface area contributed by atoms with Gasteiger partial charge in [0.25, 0.3) is 0 Å². The molecule has 4 heteroatoms. The van der Waals surface area contributed by atoms with E-state index >= 15 is 0 Å². The summed E-state index contributed by atoms with van der Waals surface area (Å²) < 4.78 is 0. The van der Waals surface area contributed by atoms with Crippen LogP contribution in [-0.4, -0.2) is 10.7 Å². The number of aryl methyl sites for hydroxylation is 1. The summed E-state index contributed by atoms with van der Waals surface area (Å²) in [5.41, 5.74) is 6.48. The maximum atomic E-state index is 6.04. The molecule has 1 N–H and O–H groups in total. The van der Waals surface area contributed by atoms with Gasteiger partial charge in [-0.05, 0) is 55.5 Å². The van der Waals surface area contributed by atoms with Gasteiger partial charge in [0.2, 0.25) is 0 Å². The number of hydrogen-bond donors (Lipinski definition) is 1. The first-order valence-electron chi connectivity index (χ1n) is 7.27. The summed E-state index contributed by atoms with van der Waals surface area (Å²) in [6.45, 7) is 2.07. The van der Waals surface area contributed by atoms with E-state index in [0.29, 0.717) is 5.92 Å². The van der Waals surface area contributed by atoms with Gasteiger partial charge in [0, 0.05) is 22.0 Å². The molecular weight excluding hydrogens is 282 g/mol. The van der Waals surface area contributed by atoms with Crippen molar-refractivity contribution in [3.63, 3.8) is 0 Å². The zero-order valence-electron chi connectivity index (χ0n) is 11.8. The molecule has 2 aromatic rings. The van der Waals surface area contributed by atoms with Gasteiger partial charge in [-0.2, -0.15) is 5.10 Å². The monoisotopic (exact) mass is 297 g/mol. The van der Waals surface area contributed by atoms with Crippen molar-refractivity contribution in [1.29, 1.82) is 0 Å². The molecule has 1 aromatic carbocycles. The first-order chi connectivity index (χ1) is 10.2. The van der Waals surface area contributed by atoms with Gasteiger partial charge in [-0.15, -0.1) is 0 Å². The van der Waals surface area contributed by atoms with E-state index < -0.39 is 0 Å². The molecule has 0 bridgehead atoms. The predicted molar refractivity (Wildman–Crippen MR) is 87.9 cm³/mol. The Morgan fingerprint density at radius 3 is 3.10 bits per heavy atom. The maximum Gasteiger partial charge on any atom is 0.147 e. The third kappa shape index (κ3) is 2.22. The van der Waals surface area contributed by atoms with Gasteiger partial charge >= 0.3 is 0 Å². The molecule has 2 aliphatic carbocycles. The highest BCUT2D eigenvalue weighted by atomic mass is 35.5. The van der Waals surface area contributed by atoms with Gasteiger partial charge in [-0.3, -0.25) is 5.43 Å². The number of benzene rings is 1. The number of rotatable bonds is 2. The Hall–Kier alpha value is -1.87. The zero-order valence-corrected chi connectivity index (χ0v) is 12.6. The van der Waals surface area contributed by atoms with E-state index in [0.717, 1.165) is 46.1 Å². The van der Waals surface area contributed by atoms with Crippen LogP contribution in [0.25, 0.3) is 10.9 Å². The number of anilines is 1. The van der Waals surface area contributed by atoms with Gasteiger partial charge in [0.05, 0.1) is 5.52 Å². The van der Waals surface area contributed by atoms with Crippen LogP contribution in [0.3, 0.4) is 0 Å². The van der Waals surface area contributed by atoms with Crippen molar-refractivity contribution in [2.24, 2.45) is 16.9 Å². The van der Waals surface area contributed by atoms with Crippen LogP contribution in [0.1, 0.15) is 18.4 Å². The Labute approximate surface area is 128 Å². The van der Waals surface area contributed by atoms with E-state index in [9.17, 15) is 0 Å². The van der Waals surface area contributed by atoms with Gasteiger partial charge in [-0.1, -0.05) is 23.8 Å². The second kappa shape index (κ2) is 4.85. The van der Waals surface area contributed by atoms with E-state index in [1.807, 2.05) is 24.3 Å². The molecule has 0 unspecified atom stereocenters. The number of halogens is 1. The topological polar surface area (TPSA) is 37.3 Å². The zero-order chi connectivity index (χ0) is 14.4. The Balaban J connectivity index is 1.60. The summed E-state index contributed by atoms with van der Waals surface area (Å²) in [7, 11) is 0. The van der Waals surface area contributed by atoms with Crippen molar-refractivity contribution in [2.45, 2.75) is 19.8 Å². The van der Waals surface area contributed by atoms with E-state index in [1.54, 1.807) is 0 Å². The minimum absolute atomic E-state index is 0.623. The molecule has 0 spiro atoms. The lowest BCUT2D eigenvalue weighted by Crippen LogP contribution is -2.33. The Morgan fingerprint density at radius 1 is 1.33 bits per heavy atom. The number of nitrogens with zero attached hydrogens (tertiary/aromatic N) is 2. The molecule has 0 amide bonds. The maximum absolute atomic E-state index is 6.04. The molecule has 4 rings (SSSR count). The molecular formula is C17H16ClN3. The van der Waals surface area contributed by atoms with E-state index in [1.165, 1.54) is 5.71 Å². The molecule has 1 aromatic heterocycles. The molecule has 106 valence electrons. The number of allylic oxidation sites excluding steroid dienone is 2. The van der Waals surface area contributed by atoms with Gasteiger partial charge in [0.15, 0.2) is 0 Å². The molecule has 0 aliphatic heterocycles. The predicted octanol–water partition coefficient (Wildman–Crippen LogP) is 4.56. The summed E-state index contributed by atoms with van der Waals surface area (Å²) in [5.74, 6) is 2.14. The van der Waals surface area contributed by atoms with Gasteiger partial charge in [0.1, 0.15) is 5.82 Å². The fraction of sp³-hybridized carbons (Fsp3) is 0.294. The van der Waals surface area contributed by atoms with Crippen LogP contribution in [0.2, 0.25) is 5.02 Å². The summed E-state index contributed by atoms with van der Waals surface area (Å²) in [6, 6.07) is 7.79. The van der Waals surface area contributed by atoms with Crippen LogP contribution in [0.15, 0.2) is 41.5 Å². The molecule has 21 heavy (non-hydrogen) atoms. The molecule has 2 aliphatic rings. The molecule has 0 radical (unpaired) electrons. The highest BCUT2D eigenvalue weighted by Crippen LogP contribution is 2.40. The van der Waals surface area contributed by atoms with Crippen molar-refractivity contribution >= 4 is 34.0 Å². The van der Waals surface area contributed by atoms with Crippen molar-refractivity contribution < 1.29 is 0 Å². The minimum Gasteiger partial charge on any atom is -0.261 e. The number of nitrogens with one attached hydrogen (secondary N) is 1. The normalized spacial score (nSPS) is 25.1. The number of hydrogen-bond acceptors (Lipinski definition) is 3. The molecule has 1 fully saturated rings. The summed E-state index contributed by atoms with van der Waals surface area (Å²) >= 11 is 6.04. The summed E-state index contributed by atoms with van der Waals surface area (Å²) in [6.07, 6.45) is 6.79. The lowest BCUT2D eigenvalue weighted by atomic mass is 9.74. The van der Waals surface area contributed by atoms with Crippen LogP contribution in [0.4, 0.5) is 5.82 Å². The first kappa shape index (κ1) is 12.8. The molecule has 0 saturated heterocycles. The third-order valence-corrected chi connectivity index (χ3v) is 4.69. The Morgan fingerprint density at radius 2 is 2.24 bits per heavy atom. The third-order valence-electron chi connectivity index (χ3n) is 4.45.